The van der Waals surface area contributed by atoms with Gasteiger partial charge in [0.25, 0.3) is 5.91 Å². The number of ether oxygens (including phenoxy) is 3. The first-order valence-corrected chi connectivity index (χ1v) is 17.5. The highest BCUT2D eigenvalue weighted by Crippen LogP contribution is 2.48. The molecule has 1 aliphatic heterocycles. The minimum atomic E-state index is -0.859. The number of halogens is 1. The number of carbonyl (C=O) groups is 2. The Kier molecular flexibility index (Phi) is 8.36. The molecule has 1 N–H and O–H groups in total. The number of likely N-dealkylation sites (tertiary alicyclic amines) is 1. The molecule has 3 aromatic heterocycles. The van der Waals surface area contributed by atoms with E-state index in [-0.39, 0.29) is 36.3 Å². The number of fused-ring (bicyclic) bond motifs is 2. The van der Waals surface area contributed by atoms with Gasteiger partial charge in [0.2, 0.25) is 5.88 Å². The van der Waals surface area contributed by atoms with E-state index in [1.54, 1.807) is 12.1 Å². The largest absolute Gasteiger partial charge is 0.490 e. The van der Waals surface area contributed by atoms with Crippen LogP contribution in [0, 0.1) is 17.7 Å². The Morgan fingerprint density at radius 3 is 2.41 bits per heavy atom. The van der Waals surface area contributed by atoms with Crippen LogP contribution >= 0.6 is 0 Å². The zero-order valence-electron chi connectivity index (χ0n) is 28.8. The second-order valence-corrected chi connectivity index (χ2v) is 14.2. The van der Waals surface area contributed by atoms with Gasteiger partial charge in [-0.2, -0.15) is 0 Å². The topological polar surface area (TPSA) is 107 Å². The minimum Gasteiger partial charge on any atom is -0.490 e. The normalized spacial score (nSPS) is 19.5. The van der Waals surface area contributed by atoms with Crippen molar-refractivity contribution in [1.82, 2.24) is 24.6 Å². The lowest BCUT2D eigenvalue weighted by molar-refractivity contribution is 0.0750. The minimum absolute atomic E-state index is 0.0452. The quantitative estimate of drug-likeness (QED) is 0.157. The number of piperidine rings is 1. The summed E-state index contributed by atoms with van der Waals surface area (Å²) in [6.45, 7) is 7.45. The van der Waals surface area contributed by atoms with Gasteiger partial charge in [-0.05, 0) is 81.1 Å². The van der Waals surface area contributed by atoms with Crippen LogP contribution in [0.15, 0.2) is 85.2 Å². The molecule has 2 amide bonds. The predicted octanol–water partition coefficient (Wildman–Crippen LogP) is 7.12. The number of pyridine rings is 2. The second-order valence-electron chi connectivity index (χ2n) is 14.2. The van der Waals surface area contributed by atoms with Crippen LogP contribution in [0.2, 0.25) is 0 Å². The SMILES string of the molecule is CCOc1cc(C(=O)N2C[C@@H]3C(Oc4cc(C(C)(C)NC(=O)OCc5ccccc5)cc(-c5ccc(F)cc5)n4)[C@@H]3C2)cn2cc(C3CC3)nc12. The third-order valence-corrected chi connectivity index (χ3v) is 10.0. The summed E-state index contributed by atoms with van der Waals surface area (Å²) in [4.78, 5) is 38.1. The van der Waals surface area contributed by atoms with Crippen LogP contribution < -0.4 is 14.8 Å². The Labute approximate surface area is 295 Å². The molecule has 51 heavy (non-hydrogen) atoms. The summed E-state index contributed by atoms with van der Waals surface area (Å²) in [5, 5.41) is 2.97. The fraction of sp³-hybridized carbons (Fsp3) is 0.350. The van der Waals surface area contributed by atoms with E-state index in [1.807, 2.05) is 91.0 Å². The summed E-state index contributed by atoms with van der Waals surface area (Å²) in [5.41, 5.74) is 4.43. The van der Waals surface area contributed by atoms with Crippen molar-refractivity contribution >= 4 is 17.6 Å². The third-order valence-electron chi connectivity index (χ3n) is 10.0. The number of rotatable bonds is 11. The van der Waals surface area contributed by atoms with Crippen molar-refractivity contribution in [3.05, 3.63) is 113 Å². The first-order valence-electron chi connectivity index (χ1n) is 17.5. The molecule has 10 nitrogen and oxygen atoms in total. The maximum absolute atomic E-state index is 13.8. The molecule has 2 saturated carbocycles. The van der Waals surface area contributed by atoms with Gasteiger partial charge < -0.3 is 28.8 Å². The number of aromatic nitrogens is 3. The highest BCUT2D eigenvalue weighted by atomic mass is 19.1. The van der Waals surface area contributed by atoms with E-state index in [9.17, 15) is 14.0 Å². The van der Waals surface area contributed by atoms with Crippen molar-refractivity contribution in [2.24, 2.45) is 11.8 Å². The summed E-state index contributed by atoms with van der Waals surface area (Å²) in [5.74, 6) is 1.44. The molecule has 0 bridgehead atoms. The molecule has 2 aromatic carbocycles. The molecule has 4 heterocycles. The van der Waals surface area contributed by atoms with Gasteiger partial charge in [0.15, 0.2) is 11.4 Å². The molecule has 8 rings (SSSR count). The molecule has 262 valence electrons. The highest BCUT2D eigenvalue weighted by molar-refractivity contribution is 5.95. The first-order chi connectivity index (χ1) is 24.6. The Balaban J connectivity index is 0.972. The lowest BCUT2D eigenvalue weighted by atomic mass is 9.93. The number of imidazole rings is 1. The van der Waals surface area contributed by atoms with Crippen LogP contribution in [0.25, 0.3) is 16.9 Å². The van der Waals surface area contributed by atoms with E-state index in [0.29, 0.717) is 54.1 Å². The van der Waals surface area contributed by atoms with Gasteiger partial charge in [-0.25, -0.2) is 19.2 Å². The maximum Gasteiger partial charge on any atom is 0.408 e. The highest BCUT2D eigenvalue weighted by Gasteiger charge is 2.59. The Hall–Kier alpha value is -5.45. The van der Waals surface area contributed by atoms with Crippen LogP contribution in [-0.2, 0) is 16.9 Å². The molecule has 3 fully saturated rings. The molecule has 0 spiro atoms. The number of alkyl carbamates (subject to hydrolysis) is 1. The molecule has 11 heteroatoms. The van der Waals surface area contributed by atoms with Crippen molar-refractivity contribution in [2.45, 2.75) is 57.8 Å². The third kappa shape index (κ3) is 6.85. The standard InChI is InChI=1S/C40H40FN5O5/c1-4-49-34-16-27(19-45-22-33(26-10-11-26)43-37(34)45)38(47)46-20-30-31(21-46)36(30)51-35-18-28(17-32(42-35)25-12-14-29(41)15-13-25)40(2,3)44-39(48)50-23-24-8-6-5-7-9-24/h5-9,12-19,22,26,30-31,36H,4,10-11,20-21,23H2,1-3H3,(H,44,48)/t30-,31+,36?. The Morgan fingerprint density at radius 2 is 1.71 bits per heavy atom. The van der Waals surface area contributed by atoms with E-state index in [4.69, 9.17) is 24.2 Å². The molecular formula is C40H40FN5O5. The van der Waals surface area contributed by atoms with Gasteiger partial charge in [0.1, 0.15) is 18.5 Å². The number of carbonyl (C=O) groups excluding carboxylic acids is 2. The summed E-state index contributed by atoms with van der Waals surface area (Å²) < 4.78 is 33.6. The van der Waals surface area contributed by atoms with Crippen molar-refractivity contribution in [1.29, 1.82) is 0 Å². The first kappa shape index (κ1) is 32.7. The lowest BCUT2D eigenvalue weighted by Gasteiger charge is -2.27. The monoisotopic (exact) mass is 689 g/mol. The Bertz CT molecular complexity index is 2080. The van der Waals surface area contributed by atoms with E-state index in [1.165, 1.54) is 12.1 Å². The molecule has 5 aromatic rings. The van der Waals surface area contributed by atoms with Crippen molar-refractivity contribution in [3.63, 3.8) is 0 Å². The second kappa shape index (κ2) is 13.0. The van der Waals surface area contributed by atoms with Crippen molar-refractivity contribution in [2.75, 3.05) is 19.7 Å². The molecule has 2 aliphatic carbocycles. The van der Waals surface area contributed by atoms with Gasteiger partial charge in [-0.3, -0.25) is 4.79 Å². The molecule has 1 saturated heterocycles. The predicted molar refractivity (Wildman–Crippen MR) is 188 cm³/mol. The lowest BCUT2D eigenvalue weighted by Crippen LogP contribution is -2.41. The average Bonchev–Trinajstić information content (AvgIpc) is 3.98. The fourth-order valence-electron chi connectivity index (χ4n) is 6.96. The zero-order valence-corrected chi connectivity index (χ0v) is 28.8. The zero-order chi connectivity index (χ0) is 35.3. The molecular weight excluding hydrogens is 649 g/mol. The molecule has 3 aliphatic rings. The van der Waals surface area contributed by atoms with Crippen LogP contribution in [0.5, 0.6) is 11.6 Å². The summed E-state index contributed by atoms with van der Waals surface area (Å²) in [7, 11) is 0. The summed E-state index contributed by atoms with van der Waals surface area (Å²) in [6, 6.07) is 21.1. The smallest absolute Gasteiger partial charge is 0.408 e. The van der Waals surface area contributed by atoms with Gasteiger partial charge in [0, 0.05) is 54.9 Å². The average molecular weight is 690 g/mol. The number of hydrogen-bond acceptors (Lipinski definition) is 7. The molecule has 0 radical (unpaired) electrons. The van der Waals surface area contributed by atoms with Crippen LogP contribution in [0.3, 0.4) is 0 Å². The van der Waals surface area contributed by atoms with Gasteiger partial charge in [0.05, 0.1) is 29.1 Å². The number of amides is 2. The summed E-state index contributed by atoms with van der Waals surface area (Å²) in [6.07, 6.45) is 5.49. The van der Waals surface area contributed by atoms with Crippen LogP contribution in [-0.4, -0.2) is 57.1 Å². The number of nitrogens with one attached hydrogen (secondary N) is 1. The van der Waals surface area contributed by atoms with Crippen LogP contribution in [0.4, 0.5) is 9.18 Å². The van der Waals surface area contributed by atoms with Crippen LogP contribution in [0.1, 0.15) is 66.7 Å². The molecule has 1 unspecified atom stereocenters. The number of benzene rings is 2. The van der Waals surface area contributed by atoms with E-state index >= 15 is 0 Å². The van der Waals surface area contributed by atoms with Gasteiger partial charge in [-0.15, -0.1) is 0 Å². The Morgan fingerprint density at radius 1 is 0.961 bits per heavy atom. The van der Waals surface area contributed by atoms with Gasteiger partial charge in [-0.1, -0.05) is 30.3 Å². The maximum atomic E-state index is 13.8. The van der Waals surface area contributed by atoms with Crippen molar-refractivity contribution < 1.29 is 28.2 Å². The van der Waals surface area contributed by atoms with E-state index in [0.717, 1.165) is 35.3 Å². The number of hydrogen-bond donors (Lipinski definition) is 1. The van der Waals surface area contributed by atoms with Gasteiger partial charge >= 0.3 is 6.09 Å². The number of nitrogens with zero attached hydrogens (tertiary/aromatic N) is 4. The van der Waals surface area contributed by atoms with E-state index in [2.05, 4.69) is 5.32 Å². The summed E-state index contributed by atoms with van der Waals surface area (Å²) >= 11 is 0. The fourth-order valence-corrected chi connectivity index (χ4v) is 6.96. The van der Waals surface area contributed by atoms with Crippen molar-refractivity contribution in [3.8, 4) is 22.9 Å². The van der Waals surface area contributed by atoms with E-state index < -0.39 is 11.6 Å². The molecule has 3 atom stereocenters.